The lowest BCUT2D eigenvalue weighted by Gasteiger charge is -2.05. The first-order valence-electron chi connectivity index (χ1n) is 4.89. The molecular weight excluding hydrogens is 236 g/mol. The van der Waals surface area contributed by atoms with Gasteiger partial charge in [-0.05, 0) is 24.3 Å². The third-order valence-corrected chi connectivity index (χ3v) is 3.13. The summed E-state index contributed by atoms with van der Waals surface area (Å²) in [4.78, 5) is 9.63. The van der Waals surface area contributed by atoms with E-state index in [1.165, 1.54) is 11.8 Å². The maximum Gasteiger partial charge on any atom is 0.221 e. The molecule has 0 radical (unpaired) electrons. The highest BCUT2D eigenvalue weighted by molar-refractivity contribution is 7.99. The minimum atomic E-state index is 0.182. The first-order valence-corrected chi connectivity index (χ1v) is 5.70. The van der Waals surface area contributed by atoms with Crippen molar-refractivity contribution in [3.63, 3.8) is 0 Å². The Labute approximate surface area is 103 Å². The molecule has 2 rings (SSSR count). The molecule has 1 aromatic heterocycles. The van der Waals surface area contributed by atoms with Crippen molar-refractivity contribution in [1.82, 2.24) is 9.97 Å². The molecular formula is C11H12N4OS. The van der Waals surface area contributed by atoms with Gasteiger partial charge in [0.05, 0.1) is 12.0 Å². The summed E-state index contributed by atoms with van der Waals surface area (Å²) in [5, 5.41) is 0. The molecule has 0 bridgehead atoms. The minimum absolute atomic E-state index is 0.182. The van der Waals surface area contributed by atoms with Crippen LogP contribution in [0.15, 0.2) is 40.3 Å². The molecule has 5 nitrogen and oxygen atoms in total. The third-order valence-electron chi connectivity index (χ3n) is 2.09. The van der Waals surface area contributed by atoms with E-state index < -0.39 is 0 Å². The Hall–Kier alpha value is -1.95. The van der Waals surface area contributed by atoms with Crippen LogP contribution in [0.1, 0.15) is 0 Å². The molecule has 2 aromatic rings. The number of hydrogen-bond acceptors (Lipinski definition) is 6. The summed E-state index contributed by atoms with van der Waals surface area (Å²) in [7, 11) is 1.63. The van der Waals surface area contributed by atoms with Crippen molar-refractivity contribution in [2.75, 3.05) is 18.6 Å². The van der Waals surface area contributed by atoms with Crippen LogP contribution in [0.5, 0.6) is 5.75 Å². The Morgan fingerprint density at radius 2 is 1.88 bits per heavy atom. The van der Waals surface area contributed by atoms with Crippen LogP contribution in [0, 0.1) is 0 Å². The van der Waals surface area contributed by atoms with Gasteiger partial charge in [-0.15, -0.1) is 0 Å². The van der Waals surface area contributed by atoms with Crippen molar-refractivity contribution in [2.45, 2.75) is 9.79 Å². The molecule has 4 N–H and O–H groups in total. The van der Waals surface area contributed by atoms with E-state index in [0.29, 0.717) is 5.82 Å². The Morgan fingerprint density at radius 3 is 2.47 bits per heavy atom. The zero-order valence-corrected chi connectivity index (χ0v) is 10.1. The molecule has 0 aliphatic rings. The van der Waals surface area contributed by atoms with E-state index >= 15 is 0 Å². The minimum Gasteiger partial charge on any atom is -0.497 e. The van der Waals surface area contributed by atoms with Crippen molar-refractivity contribution >= 4 is 23.5 Å². The lowest BCUT2D eigenvalue weighted by Crippen LogP contribution is -2.00. The molecule has 0 atom stereocenters. The van der Waals surface area contributed by atoms with Crippen molar-refractivity contribution in [3.8, 4) is 5.75 Å². The molecule has 0 saturated heterocycles. The van der Waals surface area contributed by atoms with Gasteiger partial charge >= 0.3 is 0 Å². The van der Waals surface area contributed by atoms with E-state index in [4.69, 9.17) is 16.2 Å². The number of aromatic nitrogens is 2. The van der Waals surface area contributed by atoms with E-state index in [2.05, 4.69) is 9.97 Å². The summed E-state index contributed by atoms with van der Waals surface area (Å²) in [6.45, 7) is 0. The van der Waals surface area contributed by atoms with Crippen LogP contribution in [-0.2, 0) is 0 Å². The van der Waals surface area contributed by atoms with E-state index in [0.717, 1.165) is 15.5 Å². The smallest absolute Gasteiger partial charge is 0.221 e. The highest BCUT2D eigenvalue weighted by atomic mass is 32.2. The van der Waals surface area contributed by atoms with Gasteiger partial charge in [0.1, 0.15) is 11.6 Å². The van der Waals surface area contributed by atoms with Gasteiger partial charge in [-0.1, -0.05) is 11.8 Å². The summed E-state index contributed by atoms with van der Waals surface area (Å²) in [6, 6.07) is 7.66. The highest BCUT2D eigenvalue weighted by Gasteiger charge is 2.04. The van der Waals surface area contributed by atoms with Gasteiger partial charge in [-0.25, -0.2) is 4.98 Å². The summed E-state index contributed by atoms with van der Waals surface area (Å²) in [5.41, 5.74) is 11.2. The lowest BCUT2D eigenvalue weighted by atomic mass is 10.3. The van der Waals surface area contributed by atoms with E-state index in [-0.39, 0.29) is 5.95 Å². The topological polar surface area (TPSA) is 87.0 Å². The van der Waals surface area contributed by atoms with Crippen LogP contribution in [0.2, 0.25) is 0 Å². The fraction of sp³-hybridized carbons (Fsp3) is 0.0909. The SMILES string of the molecule is COc1ccc(Sc2cnc(N)nc2N)cc1. The molecule has 1 aromatic carbocycles. The molecule has 0 aliphatic heterocycles. The summed E-state index contributed by atoms with van der Waals surface area (Å²) >= 11 is 1.48. The van der Waals surface area contributed by atoms with Crippen LogP contribution in [-0.4, -0.2) is 17.1 Å². The quantitative estimate of drug-likeness (QED) is 0.861. The van der Waals surface area contributed by atoms with Gasteiger partial charge < -0.3 is 16.2 Å². The number of ether oxygens (including phenoxy) is 1. The first kappa shape index (κ1) is 11.5. The Morgan fingerprint density at radius 1 is 1.18 bits per heavy atom. The van der Waals surface area contributed by atoms with Crippen LogP contribution < -0.4 is 16.2 Å². The van der Waals surface area contributed by atoms with Crippen LogP contribution in [0.3, 0.4) is 0 Å². The normalized spacial score (nSPS) is 10.2. The number of nitrogens with zero attached hydrogens (tertiary/aromatic N) is 2. The molecule has 0 fully saturated rings. The average molecular weight is 248 g/mol. The third kappa shape index (κ3) is 2.79. The maximum atomic E-state index is 5.75. The maximum absolute atomic E-state index is 5.75. The van der Waals surface area contributed by atoms with Gasteiger partial charge in [0, 0.05) is 11.1 Å². The van der Waals surface area contributed by atoms with Crippen LogP contribution in [0.4, 0.5) is 11.8 Å². The van der Waals surface area contributed by atoms with Crippen LogP contribution >= 0.6 is 11.8 Å². The molecule has 17 heavy (non-hydrogen) atoms. The predicted molar refractivity (Wildman–Crippen MR) is 68.0 cm³/mol. The number of rotatable bonds is 3. The van der Waals surface area contributed by atoms with Gasteiger partial charge in [0.2, 0.25) is 5.95 Å². The highest BCUT2D eigenvalue weighted by Crippen LogP contribution is 2.31. The average Bonchev–Trinajstić information content (AvgIpc) is 2.34. The van der Waals surface area contributed by atoms with Crippen molar-refractivity contribution in [3.05, 3.63) is 30.5 Å². The number of nitrogens with two attached hydrogens (primary N) is 2. The second-order valence-corrected chi connectivity index (χ2v) is 4.37. The van der Waals surface area contributed by atoms with E-state index in [1.54, 1.807) is 13.3 Å². The largest absolute Gasteiger partial charge is 0.497 e. The van der Waals surface area contributed by atoms with E-state index in [9.17, 15) is 0 Å². The number of methoxy groups -OCH3 is 1. The summed E-state index contributed by atoms with van der Waals surface area (Å²) < 4.78 is 5.08. The molecule has 88 valence electrons. The Balaban J connectivity index is 2.19. The molecule has 0 amide bonds. The fourth-order valence-corrected chi connectivity index (χ4v) is 2.03. The Bertz CT molecular complexity index is 515. The van der Waals surface area contributed by atoms with Gasteiger partial charge in [-0.2, -0.15) is 4.98 Å². The molecule has 1 heterocycles. The molecule has 6 heteroatoms. The summed E-state index contributed by atoms with van der Waals surface area (Å²) in [6.07, 6.45) is 1.62. The number of benzene rings is 1. The van der Waals surface area contributed by atoms with E-state index in [1.807, 2.05) is 24.3 Å². The second kappa shape index (κ2) is 4.92. The molecule has 0 spiro atoms. The lowest BCUT2D eigenvalue weighted by molar-refractivity contribution is 0.414. The first-order chi connectivity index (χ1) is 8.19. The fourth-order valence-electron chi connectivity index (χ4n) is 1.25. The van der Waals surface area contributed by atoms with Crippen molar-refractivity contribution < 1.29 is 4.74 Å². The standard InChI is InChI=1S/C11H12N4OS/c1-16-7-2-4-8(5-3-7)17-9-6-14-11(13)15-10(9)12/h2-6H,1H3,(H4,12,13,14,15). The van der Waals surface area contributed by atoms with Crippen LogP contribution in [0.25, 0.3) is 0 Å². The monoisotopic (exact) mass is 248 g/mol. The number of nitrogen functional groups attached to an aromatic ring is 2. The molecule has 0 aliphatic carbocycles. The molecule has 0 saturated carbocycles. The second-order valence-electron chi connectivity index (χ2n) is 3.26. The van der Waals surface area contributed by atoms with Crippen molar-refractivity contribution in [2.24, 2.45) is 0 Å². The Kier molecular flexibility index (Phi) is 3.34. The van der Waals surface area contributed by atoms with Gasteiger partial charge in [0.15, 0.2) is 0 Å². The van der Waals surface area contributed by atoms with Crippen molar-refractivity contribution in [1.29, 1.82) is 0 Å². The zero-order valence-electron chi connectivity index (χ0n) is 9.25. The van der Waals surface area contributed by atoms with Gasteiger partial charge in [-0.3, -0.25) is 0 Å². The zero-order chi connectivity index (χ0) is 12.3. The summed E-state index contributed by atoms with van der Waals surface area (Å²) in [5.74, 6) is 1.38. The van der Waals surface area contributed by atoms with Gasteiger partial charge in [0.25, 0.3) is 0 Å². The number of anilines is 2. The predicted octanol–water partition coefficient (Wildman–Crippen LogP) is 1.80. The number of hydrogen-bond donors (Lipinski definition) is 2. The molecule has 0 unspecified atom stereocenters.